The lowest BCUT2D eigenvalue weighted by molar-refractivity contribution is 0.484. The van der Waals surface area contributed by atoms with E-state index in [4.69, 9.17) is 0 Å². The molecule has 0 aromatic carbocycles. The van der Waals surface area contributed by atoms with Crippen LogP contribution in [0.2, 0.25) is 0 Å². The predicted molar refractivity (Wildman–Crippen MR) is 75.8 cm³/mol. The molecule has 2 aromatic rings. The van der Waals surface area contributed by atoms with E-state index >= 15 is 0 Å². The smallest absolute Gasteiger partial charge is 0.243 e. The van der Waals surface area contributed by atoms with Crippen molar-refractivity contribution in [2.75, 3.05) is 11.9 Å². The minimum Gasteiger partial charge on any atom is -0.352 e. The number of hydrogen-bond donors (Lipinski definition) is 1. The molecule has 18 heavy (non-hydrogen) atoms. The Kier molecular flexibility index (Phi) is 3.01. The van der Waals surface area contributed by atoms with Crippen LogP contribution in [0, 0.1) is 5.41 Å². The van der Waals surface area contributed by atoms with Gasteiger partial charge in [-0.25, -0.2) is 4.52 Å². The van der Waals surface area contributed by atoms with Gasteiger partial charge in [-0.2, -0.15) is 4.98 Å². The number of rotatable bonds is 5. The minimum atomic E-state index is 0.521. The van der Waals surface area contributed by atoms with Crippen LogP contribution in [-0.2, 0) is 0 Å². The van der Waals surface area contributed by atoms with Crippen LogP contribution in [-0.4, -0.2) is 21.1 Å². The van der Waals surface area contributed by atoms with Crippen molar-refractivity contribution >= 4 is 27.5 Å². The lowest BCUT2D eigenvalue weighted by atomic mass is 10.0. The fourth-order valence-electron chi connectivity index (χ4n) is 2.42. The van der Waals surface area contributed by atoms with Crippen LogP contribution in [0.15, 0.2) is 22.8 Å². The molecule has 1 aliphatic rings. The molecule has 4 nitrogen and oxygen atoms in total. The Hall–Kier alpha value is -1.10. The Morgan fingerprint density at radius 3 is 3.00 bits per heavy atom. The van der Waals surface area contributed by atoms with Crippen LogP contribution in [0.4, 0.5) is 5.95 Å². The van der Waals surface area contributed by atoms with Gasteiger partial charge in [0.1, 0.15) is 0 Å². The summed E-state index contributed by atoms with van der Waals surface area (Å²) < 4.78 is 2.81. The Labute approximate surface area is 115 Å². The molecule has 2 heterocycles. The molecule has 0 atom stereocenters. The Morgan fingerprint density at radius 1 is 1.44 bits per heavy atom. The van der Waals surface area contributed by atoms with Crippen LogP contribution in [0.1, 0.15) is 32.6 Å². The summed E-state index contributed by atoms with van der Waals surface area (Å²) in [6, 6.07) is 3.94. The average molecular weight is 309 g/mol. The molecule has 0 bridgehead atoms. The first kappa shape index (κ1) is 12.0. The van der Waals surface area contributed by atoms with Gasteiger partial charge in [-0.15, -0.1) is 5.10 Å². The summed E-state index contributed by atoms with van der Waals surface area (Å²) in [5.41, 5.74) is 1.40. The summed E-state index contributed by atoms with van der Waals surface area (Å²) in [5.74, 6) is 0.732. The highest BCUT2D eigenvalue weighted by Crippen LogP contribution is 2.49. The van der Waals surface area contributed by atoms with Crippen molar-refractivity contribution in [1.29, 1.82) is 0 Å². The molecule has 0 radical (unpaired) electrons. The maximum absolute atomic E-state index is 4.46. The normalized spacial score (nSPS) is 17.0. The minimum absolute atomic E-state index is 0.521. The van der Waals surface area contributed by atoms with Gasteiger partial charge in [-0.1, -0.05) is 13.3 Å². The van der Waals surface area contributed by atoms with Crippen molar-refractivity contribution in [1.82, 2.24) is 14.6 Å². The van der Waals surface area contributed by atoms with E-state index in [0.29, 0.717) is 5.41 Å². The van der Waals surface area contributed by atoms with E-state index in [1.807, 2.05) is 18.3 Å². The van der Waals surface area contributed by atoms with E-state index in [1.54, 1.807) is 4.52 Å². The third-order valence-corrected chi connectivity index (χ3v) is 4.12. The lowest BCUT2D eigenvalue weighted by Crippen LogP contribution is -2.15. The van der Waals surface area contributed by atoms with Crippen LogP contribution in [0.3, 0.4) is 0 Å². The molecule has 0 aliphatic heterocycles. The van der Waals surface area contributed by atoms with Crippen molar-refractivity contribution in [3.63, 3.8) is 0 Å². The van der Waals surface area contributed by atoms with Crippen molar-refractivity contribution < 1.29 is 0 Å². The second-order valence-electron chi connectivity index (χ2n) is 5.19. The maximum Gasteiger partial charge on any atom is 0.243 e. The molecular formula is C13H17BrN4. The molecule has 0 spiro atoms. The van der Waals surface area contributed by atoms with Crippen LogP contribution < -0.4 is 5.32 Å². The maximum atomic E-state index is 4.46. The summed E-state index contributed by atoms with van der Waals surface area (Å²) in [5, 5.41) is 7.81. The lowest BCUT2D eigenvalue weighted by Gasteiger charge is -2.13. The SMILES string of the molecule is CCCC1(CNc2nc3ccc(Br)cn3n2)CC1. The number of halogens is 1. The first-order valence-corrected chi connectivity index (χ1v) is 7.26. The molecule has 0 saturated heterocycles. The molecule has 5 heteroatoms. The van der Waals surface area contributed by atoms with Gasteiger partial charge in [0.2, 0.25) is 5.95 Å². The summed E-state index contributed by atoms with van der Waals surface area (Å²) in [6.07, 6.45) is 7.16. The zero-order valence-corrected chi connectivity index (χ0v) is 12.1. The monoisotopic (exact) mass is 308 g/mol. The molecular weight excluding hydrogens is 292 g/mol. The number of pyridine rings is 1. The van der Waals surface area contributed by atoms with Gasteiger partial charge in [0.15, 0.2) is 5.65 Å². The van der Waals surface area contributed by atoms with Crippen LogP contribution in [0.5, 0.6) is 0 Å². The van der Waals surface area contributed by atoms with Crippen molar-refractivity contribution in [2.45, 2.75) is 32.6 Å². The van der Waals surface area contributed by atoms with Crippen LogP contribution in [0.25, 0.3) is 5.65 Å². The molecule has 3 rings (SSSR count). The van der Waals surface area contributed by atoms with E-state index in [2.05, 4.69) is 38.3 Å². The number of nitrogens with zero attached hydrogens (tertiary/aromatic N) is 3. The van der Waals surface area contributed by atoms with Gasteiger partial charge in [0.25, 0.3) is 0 Å². The first-order valence-electron chi connectivity index (χ1n) is 6.47. The quantitative estimate of drug-likeness (QED) is 0.919. The molecule has 1 fully saturated rings. The number of aromatic nitrogens is 3. The number of anilines is 1. The zero-order chi connectivity index (χ0) is 12.6. The molecule has 0 unspecified atom stereocenters. The second kappa shape index (κ2) is 4.53. The van der Waals surface area contributed by atoms with Crippen molar-refractivity contribution in [2.24, 2.45) is 5.41 Å². The molecule has 1 aliphatic carbocycles. The zero-order valence-electron chi connectivity index (χ0n) is 10.5. The second-order valence-corrected chi connectivity index (χ2v) is 6.10. The van der Waals surface area contributed by atoms with E-state index in [1.165, 1.54) is 25.7 Å². The molecule has 0 amide bonds. The average Bonchev–Trinajstić information content (AvgIpc) is 2.99. The summed E-state index contributed by atoms with van der Waals surface area (Å²) in [7, 11) is 0. The van der Waals surface area contributed by atoms with Crippen molar-refractivity contribution in [3.05, 3.63) is 22.8 Å². The van der Waals surface area contributed by atoms with Gasteiger partial charge in [0.05, 0.1) is 0 Å². The summed E-state index contributed by atoms with van der Waals surface area (Å²) >= 11 is 3.43. The number of hydrogen-bond acceptors (Lipinski definition) is 3. The predicted octanol–water partition coefficient (Wildman–Crippen LogP) is 3.48. The largest absolute Gasteiger partial charge is 0.352 e. The molecule has 1 saturated carbocycles. The van der Waals surface area contributed by atoms with E-state index in [9.17, 15) is 0 Å². The van der Waals surface area contributed by atoms with Gasteiger partial charge in [-0.05, 0) is 52.7 Å². The standard InChI is InChI=1S/C13H17BrN4/c1-2-5-13(6-7-13)9-15-12-16-11-4-3-10(14)8-18(11)17-12/h3-4,8H,2,5-7,9H2,1H3,(H,15,17). The third kappa shape index (κ3) is 2.36. The summed E-state index contributed by atoms with van der Waals surface area (Å²) in [6.45, 7) is 3.25. The third-order valence-electron chi connectivity index (χ3n) is 3.65. The topological polar surface area (TPSA) is 42.2 Å². The highest BCUT2D eigenvalue weighted by atomic mass is 79.9. The number of nitrogens with one attached hydrogen (secondary N) is 1. The van der Waals surface area contributed by atoms with E-state index < -0.39 is 0 Å². The highest BCUT2D eigenvalue weighted by molar-refractivity contribution is 9.10. The van der Waals surface area contributed by atoms with E-state index in [0.717, 1.165) is 22.6 Å². The highest BCUT2D eigenvalue weighted by Gasteiger charge is 2.41. The summed E-state index contributed by atoms with van der Waals surface area (Å²) in [4.78, 5) is 4.46. The Balaban J connectivity index is 1.71. The molecule has 96 valence electrons. The number of fused-ring (bicyclic) bond motifs is 1. The Bertz CT molecular complexity index is 559. The van der Waals surface area contributed by atoms with Gasteiger partial charge in [0, 0.05) is 17.2 Å². The van der Waals surface area contributed by atoms with Gasteiger partial charge >= 0.3 is 0 Å². The first-order chi connectivity index (χ1) is 8.71. The molecule has 1 N–H and O–H groups in total. The Morgan fingerprint density at radius 2 is 2.28 bits per heavy atom. The van der Waals surface area contributed by atoms with Gasteiger partial charge in [-0.3, -0.25) is 0 Å². The van der Waals surface area contributed by atoms with Crippen LogP contribution >= 0.6 is 15.9 Å². The van der Waals surface area contributed by atoms with E-state index in [-0.39, 0.29) is 0 Å². The van der Waals surface area contributed by atoms with Gasteiger partial charge < -0.3 is 5.32 Å². The fourth-order valence-corrected chi connectivity index (χ4v) is 2.75. The fraction of sp³-hybridized carbons (Fsp3) is 0.538. The van der Waals surface area contributed by atoms with Crippen molar-refractivity contribution in [3.8, 4) is 0 Å². The molecule has 2 aromatic heterocycles.